The Morgan fingerprint density at radius 3 is 1.10 bits per heavy atom. The first-order valence-electron chi connectivity index (χ1n) is 18.0. The van der Waals surface area contributed by atoms with E-state index in [1.807, 2.05) is 0 Å². The van der Waals surface area contributed by atoms with E-state index >= 15 is 0 Å². The maximum atomic E-state index is 12.6. The average Bonchev–Trinajstić information content (AvgIpc) is 2.93. The summed E-state index contributed by atoms with van der Waals surface area (Å²) in [5, 5.41) is 8.78. The van der Waals surface area contributed by atoms with E-state index in [-0.39, 0.29) is 18.5 Å². The number of ether oxygens (including phenoxy) is 1. The second-order valence-corrected chi connectivity index (χ2v) is 12.4. The predicted molar refractivity (Wildman–Crippen MR) is 172 cm³/mol. The van der Waals surface area contributed by atoms with Crippen LogP contribution in [0.25, 0.3) is 0 Å². The van der Waals surface area contributed by atoms with Crippen molar-refractivity contribution in [3.8, 4) is 0 Å². The minimum Gasteiger partial charge on any atom is -0.481 e. The van der Waals surface area contributed by atoms with E-state index in [1.165, 1.54) is 122 Å². The largest absolute Gasteiger partial charge is 0.481 e. The van der Waals surface area contributed by atoms with Crippen molar-refractivity contribution in [1.82, 2.24) is 0 Å². The molecule has 0 bridgehead atoms. The van der Waals surface area contributed by atoms with Gasteiger partial charge in [0.2, 0.25) is 0 Å². The highest BCUT2D eigenvalue weighted by Crippen LogP contribution is 2.19. The van der Waals surface area contributed by atoms with Crippen molar-refractivity contribution >= 4 is 11.9 Å². The zero-order valence-corrected chi connectivity index (χ0v) is 27.2. The second kappa shape index (κ2) is 32.5. The van der Waals surface area contributed by atoms with Crippen molar-refractivity contribution in [2.75, 3.05) is 0 Å². The molecule has 1 N–H and O–H groups in total. The Labute approximate surface area is 250 Å². The van der Waals surface area contributed by atoms with E-state index in [1.54, 1.807) is 0 Å². The third-order valence-electron chi connectivity index (χ3n) is 8.33. The molecule has 0 fully saturated rings. The Morgan fingerprint density at radius 2 is 0.750 bits per heavy atom. The Kier molecular flexibility index (Phi) is 31.6. The zero-order chi connectivity index (χ0) is 29.4. The van der Waals surface area contributed by atoms with Gasteiger partial charge in [-0.15, -0.1) is 0 Å². The first-order valence-corrected chi connectivity index (χ1v) is 18.0. The van der Waals surface area contributed by atoms with Crippen LogP contribution in [0.15, 0.2) is 0 Å². The smallest absolute Gasteiger partial charge is 0.306 e. The third kappa shape index (κ3) is 31.5. The van der Waals surface area contributed by atoms with Crippen LogP contribution in [-0.4, -0.2) is 23.1 Å². The highest BCUT2D eigenvalue weighted by Gasteiger charge is 2.14. The van der Waals surface area contributed by atoms with Crippen molar-refractivity contribution in [3.05, 3.63) is 0 Å². The van der Waals surface area contributed by atoms with Crippen molar-refractivity contribution in [2.45, 2.75) is 219 Å². The quantitative estimate of drug-likeness (QED) is 0.0633. The fourth-order valence-electron chi connectivity index (χ4n) is 5.66. The van der Waals surface area contributed by atoms with Gasteiger partial charge in [0.05, 0.1) is 0 Å². The van der Waals surface area contributed by atoms with Crippen molar-refractivity contribution in [1.29, 1.82) is 0 Å². The molecule has 40 heavy (non-hydrogen) atoms. The summed E-state index contributed by atoms with van der Waals surface area (Å²) in [6, 6.07) is 0. The summed E-state index contributed by atoms with van der Waals surface area (Å²) >= 11 is 0. The Morgan fingerprint density at radius 1 is 0.450 bits per heavy atom. The van der Waals surface area contributed by atoms with Gasteiger partial charge in [0.25, 0.3) is 0 Å². The molecule has 1 atom stereocenters. The van der Waals surface area contributed by atoms with Crippen LogP contribution in [0, 0.1) is 0 Å². The number of carbonyl (C=O) groups excluding carboxylic acids is 1. The molecule has 0 heterocycles. The number of aliphatic carboxylic acids is 1. The summed E-state index contributed by atoms with van der Waals surface area (Å²) in [5.41, 5.74) is 0. The van der Waals surface area contributed by atoms with Gasteiger partial charge in [-0.25, -0.2) is 0 Å². The molecule has 0 aliphatic carbocycles. The summed E-state index contributed by atoms with van der Waals surface area (Å²) in [7, 11) is 0. The van der Waals surface area contributed by atoms with Gasteiger partial charge >= 0.3 is 11.9 Å². The van der Waals surface area contributed by atoms with Crippen molar-refractivity contribution < 1.29 is 19.4 Å². The van der Waals surface area contributed by atoms with Gasteiger partial charge in [-0.05, 0) is 38.5 Å². The van der Waals surface area contributed by atoms with Crippen LogP contribution in [0.3, 0.4) is 0 Å². The highest BCUT2D eigenvalue weighted by atomic mass is 16.5. The third-order valence-corrected chi connectivity index (χ3v) is 8.33. The van der Waals surface area contributed by atoms with Crippen LogP contribution in [0.1, 0.15) is 213 Å². The predicted octanol–water partition coefficient (Wildman–Crippen LogP) is 12.1. The molecule has 238 valence electrons. The first kappa shape index (κ1) is 38.9. The molecule has 0 radical (unpaired) electrons. The standard InChI is InChI=1S/C36H70O4/c1-3-5-7-9-11-13-15-16-18-20-25-29-33-36(39)40-34(31-27-23-21-24-28-32-35(37)38)30-26-22-19-17-14-12-10-8-6-4-2/h34H,3-33H2,1-2H3,(H,37,38). The lowest BCUT2D eigenvalue weighted by molar-refractivity contribution is -0.150. The summed E-state index contributed by atoms with van der Waals surface area (Å²) in [4.78, 5) is 23.2. The highest BCUT2D eigenvalue weighted by molar-refractivity contribution is 5.69. The molecular formula is C36H70O4. The van der Waals surface area contributed by atoms with Gasteiger partial charge in [0.15, 0.2) is 0 Å². The maximum Gasteiger partial charge on any atom is 0.306 e. The molecule has 0 aliphatic rings. The summed E-state index contributed by atoms with van der Waals surface area (Å²) in [6.45, 7) is 4.54. The second-order valence-electron chi connectivity index (χ2n) is 12.4. The minimum absolute atomic E-state index is 0.00520. The van der Waals surface area contributed by atoms with E-state index in [0.717, 1.165) is 64.2 Å². The zero-order valence-electron chi connectivity index (χ0n) is 27.2. The van der Waals surface area contributed by atoms with Gasteiger partial charge in [-0.2, -0.15) is 0 Å². The maximum absolute atomic E-state index is 12.6. The van der Waals surface area contributed by atoms with E-state index in [4.69, 9.17) is 9.84 Å². The number of carboxylic acids is 1. The fourth-order valence-corrected chi connectivity index (χ4v) is 5.66. The molecule has 0 rings (SSSR count). The number of esters is 1. The summed E-state index contributed by atoms with van der Waals surface area (Å²) in [6.07, 6.45) is 36.8. The molecule has 0 aromatic heterocycles. The van der Waals surface area contributed by atoms with Gasteiger partial charge in [0.1, 0.15) is 6.10 Å². The minimum atomic E-state index is -0.698. The van der Waals surface area contributed by atoms with Gasteiger partial charge in [0, 0.05) is 12.8 Å². The SMILES string of the molecule is CCCCCCCCCCCCCCC(=O)OC(CCCCCCCCCCCC)CCCCCCCC(=O)O. The number of hydrogen-bond acceptors (Lipinski definition) is 3. The lowest BCUT2D eigenvalue weighted by Gasteiger charge is -2.18. The molecule has 0 saturated heterocycles. The van der Waals surface area contributed by atoms with E-state index < -0.39 is 5.97 Å². The Balaban J connectivity index is 4.01. The van der Waals surface area contributed by atoms with Crippen LogP contribution < -0.4 is 0 Å². The van der Waals surface area contributed by atoms with Crippen molar-refractivity contribution in [3.63, 3.8) is 0 Å². The molecule has 0 aliphatic heterocycles. The van der Waals surface area contributed by atoms with Gasteiger partial charge < -0.3 is 9.84 Å². The molecule has 1 unspecified atom stereocenters. The molecule has 0 aromatic rings. The van der Waals surface area contributed by atoms with E-state index in [0.29, 0.717) is 6.42 Å². The summed E-state index contributed by atoms with van der Waals surface area (Å²) in [5.74, 6) is -0.692. The molecule has 0 aromatic carbocycles. The first-order chi connectivity index (χ1) is 19.6. The van der Waals surface area contributed by atoms with E-state index in [2.05, 4.69) is 13.8 Å². The van der Waals surface area contributed by atoms with Crippen LogP contribution in [0.2, 0.25) is 0 Å². The number of hydrogen-bond donors (Lipinski definition) is 1. The summed E-state index contributed by atoms with van der Waals surface area (Å²) < 4.78 is 5.98. The Bertz CT molecular complexity index is 533. The lowest BCUT2D eigenvalue weighted by atomic mass is 10.0. The molecule has 0 spiro atoms. The Hall–Kier alpha value is -1.06. The number of carbonyl (C=O) groups is 2. The topological polar surface area (TPSA) is 63.6 Å². The molecule has 0 amide bonds. The van der Waals surface area contributed by atoms with E-state index in [9.17, 15) is 9.59 Å². The molecular weight excluding hydrogens is 496 g/mol. The molecule has 4 nitrogen and oxygen atoms in total. The fraction of sp³-hybridized carbons (Fsp3) is 0.944. The van der Waals surface area contributed by atoms with Gasteiger partial charge in [-0.1, -0.05) is 162 Å². The number of unbranched alkanes of at least 4 members (excludes halogenated alkanes) is 24. The number of carboxylic acid groups (broad SMARTS) is 1. The van der Waals surface area contributed by atoms with Crippen LogP contribution >= 0.6 is 0 Å². The average molecular weight is 567 g/mol. The number of rotatable bonds is 33. The lowest BCUT2D eigenvalue weighted by Crippen LogP contribution is -2.18. The molecule has 4 heteroatoms. The monoisotopic (exact) mass is 567 g/mol. The molecule has 0 saturated carbocycles. The van der Waals surface area contributed by atoms with Crippen LogP contribution in [0.5, 0.6) is 0 Å². The van der Waals surface area contributed by atoms with Crippen LogP contribution in [0.4, 0.5) is 0 Å². The normalized spacial score (nSPS) is 12.1. The van der Waals surface area contributed by atoms with Gasteiger partial charge in [-0.3, -0.25) is 9.59 Å². The van der Waals surface area contributed by atoms with Crippen molar-refractivity contribution in [2.24, 2.45) is 0 Å². The van der Waals surface area contributed by atoms with Crippen LogP contribution in [-0.2, 0) is 14.3 Å².